The van der Waals surface area contributed by atoms with Crippen LogP contribution in [-0.2, 0) is 5.41 Å². The summed E-state index contributed by atoms with van der Waals surface area (Å²) in [6.45, 7) is 9.30. The van der Waals surface area contributed by atoms with Crippen LogP contribution < -0.4 is 0 Å². The molecule has 1 heterocycles. The zero-order valence-corrected chi connectivity index (χ0v) is 15.7. The summed E-state index contributed by atoms with van der Waals surface area (Å²) in [6, 6.07) is 8.85. The van der Waals surface area contributed by atoms with E-state index in [4.69, 9.17) is 4.98 Å². The number of rotatable bonds is 3. The van der Waals surface area contributed by atoms with E-state index in [-0.39, 0.29) is 5.41 Å². The maximum Gasteiger partial charge on any atom is 0.0749 e. The number of allylic oxidation sites excluding steroid dienone is 6. The van der Waals surface area contributed by atoms with Crippen molar-refractivity contribution < 1.29 is 0 Å². The van der Waals surface area contributed by atoms with Crippen LogP contribution in [0.5, 0.6) is 0 Å². The summed E-state index contributed by atoms with van der Waals surface area (Å²) >= 11 is 0. The van der Waals surface area contributed by atoms with Crippen molar-refractivity contribution in [1.29, 1.82) is 0 Å². The minimum absolute atomic E-state index is 0.0221. The number of fused-ring (bicyclic) bond motifs is 1. The van der Waals surface area contributed by atoms with Gasteiger partial charge in [0.15, 0.2) is 0 Å². The van der Waals surface area contributed by atoms with E-state index < -0.39 is 0 Å². The molecule has 2 unspecified atom stereocenters. The van der Waals surface area contributed by atoms with E-state index in [9.17, 15) is 0 Å². The molecule has 2 aliphatic rings. The van der Waals surface area contributed by atoms with Crippen molar-refractivity contribution in [1.82, 2.24) is 4.98 Å². The van der Waals surface area contributed by atoms with Crippen LogP contribution in [0.4, 0.5) is 0 Å². The van der Waals surface area contributed by atoms with Gasteiger partial charge in [0.1, 0.15) is 0 Å². The second-order valence-electron chi connectivity index (χ2n) is 7.96. The highest BCUT2D eigenvalue weighted by molar-refractivity contribution is 6.00. The van der Waals surface area contributed by atoms with Crippen LogP contribution in [0.25, 0.3) is 16.3 Å². The van der Waals surface area contributed by atoms with Crippen molar-refractivity contribution in [3.05, 3.63) is 71.6 Å². The lowest BCUT2D eigenvalue weighted by atomic mass is 9.63. The normalized spacial score (nSPS) is 22.5. The van der Waals surface area contributed by atoms with E-state index in [0.29, 0.717) is 11.8 Å². The summed E-state index contributed by atoms with van der Waals surface area (Å²) in [5, 5.41) is 2.67. The quantitative estimate of drug-likeness (QED) is 0.589. The SMILES string of the molecule is CCC=CC(C)C1CC=CC2=C1c1nccc3cccc(c13)C2(C)C. The second kappa shape index (κ2) is 5.98. The van der Waals surface area contributed by atoms with E-state index in [1.54, 1.807) is 0 Å². The molecule has 4 rings (SSSR count). The van der Waals surface area contributed by atoms with Gasteiger partial charge in [-0.1, -0.05) is 70.2 Å². The standard InChI is InChI=1S/C24H27N/c1-5-6-9-16(2)18-11-8-13-20-22(18)23-21-17(14-15-25-23)10-7-12-19(21)24(20,3)4/h6-10,12-16,18H,5,11H2,1-4H3. The molecule has 0 amide bonds. The predicted octanol–water partition coefficient (Wildman–Crippen LogP) is 6.46. The lowest BCUT2D eigenvalue weighted by Crippen LogP contribution is -2.30. The van der Waals surface area contributed by atoms with Gasteiger partial charge in [-0.05, 0) is 52.8 Å². The minimum Gasteiger partial charge on any atom is -0.256 e. The molecule has 1 heteroatoms. The first-order valence-electron chi connectivity index (χ1n) is 9.52. The molecule has 1 aromatic heterocycles. The van der Waals surface area contributed by atoms with Gasteiger partial charge in [0.25, 0.3) is 0 Å². The molecule has 25 heavy (non-hydrogen) atoms. The van der Waals surface area contributed by atoms with Crippen LogP contribution in [0.2, 0.25) is 0 Å². The minimum atomic E-state index is 0.0221. The van der Waals surface area contributed by atoms with Gasteiger partial charge < -0.3 is 0 Å². The molecule has 0 saturated carbocycles. The Balaban J connectivity index is 1.99. The summed E-state index contributed by atoms with van der Waals surface area (Å²) < 4.78 is 0. The monoisotopic (exact) mass is 329 g/mol. The summed E-state index contributed by atoms with van der Waals surface area (Å²) in [4.78, 5) is 4.88. The highest BCUT2D eigenvalue weighted by atomic mass is 14.7. The van der Waals surface area contributed by atoms with Gasteiger partial charge in [0, 0.05) is 17.0 Å². The van der Waals surface area contributed by atoms with Crippen molar-refractivity contribution >= 4 is 16.3 Å². The van der Waals surface area contributed by atoms with Crippen LogP contribution in [0, 0.1) is 11.8 Å². The first-order chi connectivity index (χ1) is 12.1. The Morgan fingerprint density at radius 3 is 2.92 bits per heavy atom. The second-order valence-corrected chi connectivity index (χ2v) is 7.96. The summed E-state index contributed by atoms with van der Waals surface area (Å²) in [6.07, 6.45) is 13.6. The fraction of sp³-hybridized carbons (Fsp3) is 0.375. The molecule has 0 aliphatic heterocycles. The predicted molar refractivity (Wildman–Crippen MR) is 108 cm³/mol. The number of hydrogen-bond acceptors (Lipinski definition) is 1. The lowest BCUT2D eigenvalue weighted by molar-refractivity contribution is 0.511. The van der Waals surface area contributed by atoms with Gasteiger partial charge in [-0.2, -0.15) is 0 Å². The van der Waals surface area contributed by atoms with Crippen LogP contribution in [0.1, 0.15) is 51.8 Å². The van der Waals surface area contributed by atoms with Gasteiger partial charge in [0.2, 0.25) is 0 Å². The van der Waals surface area contributed by atoms with E-state index in [2.05, 4.69) is 76.3 Å². The number of hydrogen-bond donors (Lipinski definition) is 0. The Kier molecular flexibility index (Phi) is 3.91. The molecule has 0 saturated heterocycles. The highest BCUT2D eigenvalue weighted by Gasteiger charge is 2.39. The summed E-state index contributed by atoms with van der Waals surface area (Å²) in [7, 11) is 0. The van der Waals surface area contributed by atoms with Crippen LogP contribution in [0.3, 0.4) is 0 Å². The van der Waals surface area contributed by atoms with E-state index >= 15 is 0 Å². The largest absolute Gasteiger partial charge is 0.256 e. The molecule has 1 nitrogen and oxygen atoms in total. The average Bonchev–Trinajstić information content (AvgIpc) is 2.63. The van der Waals surface area contributed by atoms with Gasteiger partial charge in [0.05, 0.1) is 5.69 Å². The smallest absolute Gasteiger partial charge is 0.0749 e. The molecule has 2 aliphatic carbocycles. The zero-order chi connectivity index (χ0) is 17.6. The third-order valence-electron chi connectivity index (χ3n) is 6.04. The van der Waals surface area contributed by atoms with Crippen molar-refractivity contribution in [3.8, 4) is 0 Å². The molecule has 0 fully saturated rings. The fourth-order valence-electron chi connectivity index (χ4n) is 4.65. The Morgan fingerprint density at radius 2 is 2.12 bits per heavy atom. The summed E-state index contributed by atoms with van der Waals surface area (Å²) in [5.41, 5.74) is 5.58. The third-order valence-corrected chi connectivity index (χ3v) is 6.04. The Morgan fingerprint density at radius 1 is 1.28 bits per heavy atom. The number of pyridine rings is 1. The fourth-order valence-corrected chi connectivity index (χ4v) is 4.65. The van der Waals surface area contributed by atoms with Crippen LogP contribution in [-0.4, -0.2) is 4.98 Å². The van der Waals surface area contributed by atoms with E-state index in [1.807, 2.05) is 6.20 Å². The van der Waals surface area contributed by atoms with Gasteiger partial charge in [-0.15, -0.1) is 0 Å². The van der Waals surface area contributed by atoms with E-state index in [0.717, 1.165) is 12.8 Å². The first-order valence-corrected chi connectivity index (χ1v) is 9.52. The van der Waals surface area contributed by atoms with Gasteiger partial charge >= 0.3 is 0 Å². The Labute approximate surface area is 151 Å². The van der Waals surface area contributed by atoms with Crippen molar-refractivity contribution in [2.75, 3.05) is 0 Å². The molecular weight excluding hydrogens is 302 g/mol. The topological polar surface area (TPSA) is 12.9 Å². The number of aromatic nitrogens is 1. The average molecular weight is 329 g/mol. The van der Waals surface area contributed by atoms with Crippen molar-refractivity contribution in [2.24, 2.45) is 11.8 Å². The number of benzene rings is 1. The molecule has 1 aromatic carbocycles. The van der Waals surface area contributed by atoms with Gasteiger partial charge in [-0.3, -0.25) is 4.98 Å². The first kappa shape index (κ1) is 16.3. The maximum atomic E-state index is 4.88. The van der Waals surface area contributed by atoms with Crippen LogP contribution in [0.15, 0.2) is 60.3 Å². The van der Waals surface area contributed by atoms with E-state index in [1.165, 1.54) is 33.2 Å². The zero-order valence-electron chi connectivity index (χ0n) is 15.7. The molecule has 0 N–H and O–H groups in total. The maximum absolute atomic E-state index is 4.88. The molecule has 128 valence electrons. The molecule has 2 atom stereocenters. The van der Waals surface area contributed by atoms with Crippen molar-refractivity contribution in [2.45, 2.75) is 46.0 Å². The molecular formula is C24H27N. The van der Waals surface area contributed by atoms with Gasteiger partial charge in [-0.25, -0.2) is 0 Å². The molecule has 0 radical (unpaired) electrons. The molecule has 0 spiro atoms. The molecule has 2 aromatic rings. The van der Waals surface area contributed by atoms with Crippen LogP contribution >= 0.6 is 0 Å². The highest BCUT2D eigenvalue weighted by Crippen LogP contribution is 2.51. The molecule has 0 bridgehead atoms. The number of nitrogens with zero attached hydrogens (tertiary/aromatic N) is 1. The lowest BCUT2D eigenvalue weighted by Gasteiger charge is -2.40. The summed E-state index contributed by atoms with van der Waals surface area (Å²) in [5.74, 6) is 1.03. The van der Waals surface area contributed by atoms with Crippen molar-refractivity contribution in [3.63, 3.8) is 0 Å². The Hall–Kier alpha value is -2.15. The third kappa shape index (κ3) is 2.40. The Bertz CT molecular complexity index is 906.